The number of rotatable bonds is 5. The van der Waals surface area contributed by atoms with E-state index < -0.39 is 15.6 Å². The lowest BCUT2D eigenvalue weighted by Crippen LogP contribution is -2.50. The zero-order valence-electron chi connectivity index (χ0n) is 11.7. The molecule has 19 heavy (non-hydrogen) atoms. The SMILES string of the molecule is CC(C)(CNC1CCCc2occc21)NS(C)(=O)=O. The minimum atomic E-state index is -3.19. The Bertz CT molecular complexity index is 534. The average molecular weight is 286 g/mol. The van der Waals surface area contributed by atoms with Gasteiger partial charge in [0.25, 0.3) is 0 Å². The monoisotopic (exact) mass is 286 g/mol. The molecule has 1 aromatic rings. The van der Waals surface area contributed by atoms with Crippen LogP contribution < -0.4 is 10.0 Å². The molecule has 6 heteroatoms. The average Bonchev–Trinajstić information content (AvgIpc) is 2.71. The van der Waals surface area contributed by atoms with Crippen molar-refractivity contribution in [2.45, 2.75) is 44.7 Å². The van der Waals surface area contributed by atoms with Gasteiger partial charge in [0.05, 0.1) is 12.5 Å². The maximum atomic E-state index is 11.3. The molecule has 0 radical (unpaired) electrons. The maximum absolute atomic E-state index is 11.3. The third-order valence-corrected chi connectivity index (χ3v) is 4.23. The summed E-state index contributed by atoms with van der Waals surface area (Å²) in [6.07, 6.45) is 6.05. The highest BCUT2D eigenvalue weighted by Gasteiger charge is 2.26. The van der Waals surface area contributed by atoms with Crippen LogP contribution in [0.1, 0.15) is 44.1 Å². The molecule has 0 fully saturated rings. The van der Waals surface area contributed by atoms with Crippen LogP contribution in [-0.4, -0.2) is 26.8 Å². The zero-order chi connectivity index (χ0) is 14.1. The smallest absolute Gasteiger partial charge is 0.209 e. The Kier molecular flexibility index (Phi) is 4.03. The maximum Gasteiger partial charge on any atom is 0.209 e. The fourth-order valence-corrected chi connectivity index (χ4v) is 3.69. The summed E-state index contributed by atoms with van der Waals surface area (Å²) in [5.41, 5.74) is 0.705. The van der Waals surface area contributed by atoms with Crippen LogP contribution in [-0.2, 0) is 16.4 Å². The molecule has 0 amide bonds. The van der Waals surface area contributed by atoms with Gasteiger partial charge in [-0.05, 0) is 32.8 Å². The van der Waals surface area contributed by atoms with E-state index in [1.807, 2.05) is 19.9 Å². The highest BCUT2D eigenvalue weighted by molar-refractivity contribution is 7.88. The van der Waals surface area contributed by atoms with Gasteiger partial charge in [-0.15, -0.1) is 0 Å². The van der Waals surface area contributed by atoms with Crippen molar-refractivity contribution in [3.05, 3.63) is 23.7 Å². The largest absolute Gasteiger partial charge is 0.469 e. The number of fused-ring (bicyclic) bond motifs is 1. The Morgan fingerprint density at radius 3 is 2.89 bits per heavy atom. The van der Waals surface area contributed by atoms with Crippen molar-refractivity contribution in [3.63, 3.8) is 0 Å². The van der Waals surface area contributed by atoms with E-state index >= 15 is 0 Å². The highest BCUT2D eigenvalue weighted by Crippen LogP contribution is 2.30. The normalized spacial score (nSPS) is 20.3. The Balaban J connectivity index is 1.97. The third kappa shape index (κ3) is 4.06. The molecule has 1 aliphatic rings. The Morgan fingerprint density at radius 2 is 2.21 bits per heavy atom. The van der Waals surface area contributed by atoms with Gasteiger partial charge in [-0.2, -0.15) is 0 Å². The summed E-state index contributed by atoms with van der Waals surface area (Å²) in [6, 6.07) is 2.26. The quantitative estimate of drug-likeness (QED) is 0.862. The molecule has 0 spiro atoms. The van der Waals surface area contributed by atoms with E-state index in [1.165, 1.54) is 11.8 Å². The third-order valence-electron chi connectivity index (χ3n) is 3.30. The van der Waals surface area contributed by atoms with E-state index in [1.54, 1.807) is 6.26 Å². The summed E-state index contributed by atoms with van der Waals surface area (Å²) < 4.78 is 30.7. The molecular weight excluding hydrogens is 264 g/mol. The molecule has 2 rings (SSSR count). The Morgan fingerprint density at radius 1 is 1.47 bits per heavy atom. The molecule has 1 aromatic heterocycles. The first-order valence-corrected chi connectivity index (χ1v) is 8.45. The summed E-state index contributed by atoms with van der Waals surface area (Å²) in [7, 11) is -3.19. The number of aryl methyl sites for hydroxylation is 1. The van der Waals surface area contributed by atoms with Crippen molar-refractivity contribution in [1.29, 1.82) is 0 Å². The van der Waals surface area contributed by atoms with E-state index in [0.29, 0.717) is 6.54 Å². The minimum absolute atomic E-state index is 0.253. The number of hydrogen-bond acceptors (Lipinski definition) is 4. The first kappa shape index (κ1) is 14.6. The van der Waals surface area contributed by atoms with Gasteiger partial charge in [-0.1, -0.05) is 0 Å². The zero-order valence-corrected chi connectivity index (χ0v) is 12.5. The van der Waals surface area contributed by atoms with Crippen LogP contribution in [0, 0.1) is 0 Å². The predicted octanol–water partition coefficient (Wildman–Crippen LogP) is 1.57. The summed E-state index contributed by atoms with van der Waals surface area (Å²) in [5.74, 6) is 1.05. The van der Waals surface area contributed by atoms with Gasteiger partial charge in [0.2, 0.25) is 10.0 Å². The second-order valence-corrected chi connectivity index (χ2v) is 7.63. The number of sulfonamides is 1. The van der Waals surface area contributed by atoms with Crippen LogP contribution in [0.5, 0.6) is 0 Å². The van der Waals surface area contributed by atoms with Crippen LogP contribution in [0.2, 0.25) is 0 Å². The predicted molar refractivity (Wildman–Crippen MR) is 74.4 cm³/mol. The van der Waals surface area contributed by atoms with E-state index in [9.17, 15) is 8.42 Å². The van der Waals surface area contributed by atoms with Crippen molar-refractivity contribution in [2.75, 3.05) is 12.8 Å². The highest BCUT2D eigenvalue weighted by atomic mass is 32.2. The van der Waals surface area contributed by atoms with E-state index in [0.717, 1.165) is 25.0 Å². The second-order valence-electron chi connectivity index (χ2n) is 5.88. The lowest BCUT2D eigenvalue weighted by Gasteiger charge is -2.30. The lowest BCUT2D eigenvalue weighted by atomic mass is 9.93. The molecule has 2 N–H and O–H groups in total. The molecule has 0 saturated carbocycles. The summed E-state index contributed by atoms with van der Waals surface area (Å²) in [5, 5.41) is 3.44. The molecule has 1 atom stereocenters. The lowest BCUT2D eigenvalue weighted by molar-refractivity contribution is 0.358. The molecule has 0 bridgehead atoms. The first-order chi connectivity index (χ1) is 8.77. The molecule has 1 aliphatic carbocycles. The van der Waals surface area contributed by atoms with Gasteiger partial charge in [-0.25, -0.2) is 13.1 Å². The standard InChI is InChI=1S/C13H22N2O3S/c1-13(2,15-19(3,16)17)9-14-11-5-4-6-12-10(11)7-8-18-12/h7-8,11,14-15H,4-6,9H2,1-3H3. The summed E-state index contributed by atoms with van der Waals surface area (Å²) in [4.78, 5) is 0. The minimum Gasteiger partial charge on any atom is -0.469 e. The molecule has 0 saturated heterocycles. The second kappa shape index (κ2) is 5.26. The van der Waals surface area contributed by atoms with Crippen molar-refractivity contribution in [3.8, 4) is 0 Å². The topological polar surface area (TPSA) is 71.3 Å². The number of nitrogens with one attached hydrogen (secondary N) is 2. The molecule has 5 nitrogen and oxygen atoms in total. The van der Waals surface area contributed by atoms with Gasteiger partial charge < -0.3 is 9.73 Å². The van der Waals surface area contributed by atoms with E-state index in [2.05, 4.69) is 10.0 Å². The van der Waals surface area contributed by atoms with Crippen molar-refractivity contribution in [2.24, 2.45) is 0 Å². The van der Waals surface area contributed by atoms with Gasteiger partial charge in [0.15, 0.2) is 0 Å². The number of hydrogen-bond donors (Lipinski definition) is 2. The fraction of sp³-hybridized carbons (Fsp3) is 0.692. The first-order valence-electron chi connectivity index (χ1n) is 6.55. The van der Waals surface area contributed by atoms with Gasteiger partial charge in [0, 0.05) is 30.1 Å². The fourth-order valence-electron chi connectivity index (χ4n) is 2.61. The van der Waals surface area contributed by atoms with Crippen molar-refractivity contribution >= 4 is 10.0 Å². The van der Waals surface area contributed by atoms with Crippen LogP contribution in [0.25, 0.3) is 0 Å². The molecule has 1 heterocycles. The molecule has 1 unspecified atom stereocenters. The molecule has 0 aromatic carbocycles. The van der Waals surface area contributed by atoms with Gasteiger partial charge in [-0.3, -0.25) is 0 Å². The van der Waals surface area contributed by atoms with Crippen molar-refractivity contribution < 1.29 is 12.8 Å². The Labute approximate surface area is 114 Å². The van der Waals surface area contributed by atoms with Crippen LogP contribution >= 0.6 is 0 Å². The summed E-state index contributed by atoms with van der Waals surface area (Å²) >= 11 is 0. The van der Waals surface area contributed by atoms with Crippen LogP contribution in [0.3, 0.4) is 0 Å². The van der Waals surface area contributed by atoms with E-state index in [4.69, 9.17) is 4.42 Å². The van der Waals surface area contributed by atoms with Gasteiger partial charge >= 0.3 is 0 Å². The van der Waals surface area contributed by atoms with E-state index in [-0.39, 0.29) is 6.04 Å². The summed E-state index contributed by atoms with van der Waals surface area (Å²) in [6.45, 7) is 4.33. The molecule has 0 aliphatic heterocycles. The molecule has 108 valence electrons. The Hall–Kier alpha value is -0.850. The van der Waals surface area contributed by atoms with Crippen LogP contribution in [0.15, 0.2) is 16.7 Å². The van der Waals surface area contributed by atoms with Crippen LogP contribution in [0.4, 0.5) is 0 Å². The number of furan rings is 1. The van der Waals surface area contributed by atoms with Crippen molar-refractivity contribution in [1.82, 2.24) is 10.0 Å². The molecular formula is C13H22N2O3S. The van der Waals surface area contributed by atoms with Gasteiger partial charge in [0.1, 0.15) is 5.76 Å².